The topological polar surface area (TPSA) is 44.8 Å². The Bertz CT molecular complexity index is 354. The van der Waals surface area contributed by atoms with E-state index in [9.17, 15) is 4.79 Å². The molecule has 0 aromatic heterocycles. The van der Waals surface area contributed by atoms with Gasteiger partial charge in [-0.3, -0.25) is 0 Å². The van der Waals surface area contributed by atoms with Crippen LogP contribution in [0.1, 0.15) is 10.4 Å². The first-order valence-corrected chi connectivity index (χ1v) is 6.13. The van der Waals surface area contributed by atoms with Crippen LogP contribution >= 0.6 is 22.6 Å². The van der Waals surface area contributed by atoms with Crippen molar-refractivity contribution in [1.29, 1.82) is 0 Å². The Labute approximate surface area is 107 Å². The van der Waals surface area contributed by atoms with Gasteiger partial charge in [0.2, 0.25) is 0 Å². The quantitative estimate of drug-likeness (QED) is 0.482. The molecule has 0 aliphatic carbocycles. The van der Waals surface area contributed by atoms with Gasteiger partial charge < -0.3 is 14.2 Å². The molecule has 0 amide bonds. The van der Waals surface area contributed by atoms with Crippen LogP contribution < -0.4 is 0 Å². The lowest BCUT2D eigenvalue weighted by atomic mass is 10.2. The Hall–Kier alpha value is -0.660. The van der Waals surface area contributed by atoms with Crippen LogP contribution in [0.4, 0.5) is 0 Å². The fraction of sp³-hybridized carbons (Fsp3) is 0.364. The fourth-order valence-electron chi connectivity index (χ4n) is 1.31. The van der Waals surface area contributed by atoms with E-state index in [0.29, 0.717) is 12.2 Å². The van der Waals surface area contributed by atoms with Gasteiger partial charge in [0.1, 0.15) is 10.7 Å². The number of rotatable bonds is 3. The summed E-state index contributed by atoms with van der Waals surface area (Å²) in [7, 11) is 0. The molecule has 1 heterocycles. The largest absolute Gasteiger partial charge is 0.457 e. The number of esters is 1. The number of carbonyl (C=O) groups excluding carboxylic acids is 1. The van der Waals surface area contributed by atoms with E-state index in [1.807, 2.05) is 6.07 Å². The summed E-state index contributed by atoms with van der Waals surface area (Å²) < 4.78 is 15.7. The first-order valence-electron chi connectivity index (χ1n) is 4.89. The molecule has 0 saturated carbocycles. The zero-order valence-corrected chi connectivity index (χ0v) is 10.6. The standard InChI is InChI=1S/C11H11IO4/c12-9-6-14-10(16-9)7-15-11(13)8-4-2-1-3-5-8/h1-5,9-10H,6-7H2. The highest BCUT2D eigenvalue weighted by molar-refractivity contribution is 14.1. The van der Waals surface area contributed by atoms with Crippen molar-refractivity contribution in [1.82, 2.24) is 0 Å². The molecule has 0 spiro atoms. The van der Waals surface area contributed by atoms with Crippen molar-refractivity contribution >= 4 is 28.6 Å². The maximum Gasteiger partial charge on any atom is 0.338 e. The van der Waals surface area contributed by atoms with Crippen molar-refractivity contribution in [3.8, 4) is 0 Å². The molecule has 86 valence electrons. The average molecular weight is 334 g/mol. The first kappa shape index (κ1) is 11.8. The van der Waals surface area contributed by atoms with Gasteiger partial charge in [0.05, 0.1) is 12.2 Å². The molecule has 0 N–H and O–H groups in total. The number of ether oxygens (including phenoxy) is 3. The molecule has 16 heavy (non-hydrogen) atoms. The third-order valence-electron chi connectivity index (χ3n) is 2.07. The Morgan fingerprint density at radius 2 is 2.19 bits per heavy atom. The van der Waals surface area contributed by atoms with Gasteiger partial charge in [-0.1, -0.05) is 18.2 Å². The summed E-state index contributed by atoms with van der Waals surface area (Å²) in [5.74, 6) is -0.357. The van der Waals surface area contributed by atoms with Gasteiger partial charge in [-0.05, 0) is 34.7 Å². The molecule has 1 fully saturated rings. The van der Waals surface area contributed by atoms with E-state index in [4.69, 9.17) is 14.2 Å². The molecule has 5 heteroatoms. The lowest BCUT2D eigenvalue weighted by molar-refractivity contribution is -0.0826. The van der Waals surface area contributed by atoms with Crippen LogP contribution in [-0.4, -0.2) is 29.6 Å². The zero-order chi connectivity index (χ0) is 11.4. The van der Waals surface area contributed by atoms with E-state index in [-0.39, 0.29) is 16.7 Å². The van der Waals surface area contributed by atoms with E-state index in [1.54, 1.807) is 24.3 Å². The Morgan fingerprint density at radius 3 is 2.81 bits per heavy atom. The van der Waals surface area contributed by atoms with Gasteiger partial charge >= 0.3 is 5.97 Å². The van der Waals surface area contributed by atoms with Crippen LogP contribution in [0.3, 0.4) is 0 Å². The summed E-state index contributed by atoms with van der Waals surface area (Å²) >= 11 is 2.13. The summed E-state index contributed by atoms with van der Waals surface area (Å²) in [4.78, 5) is 11.5. The molecular weight excluding hydrogens is 323 g/mol. The third-order valence-corrected chi connectivity index (χ3v) is 2.73. The van der Waals surface area contributed by atoms with Gasteiger partial charge in [0, 0.05) is 0 Å². The molecular formula is C11H11IO4. The number of hydrogen-bond acceptors (Lipinski definition) is 4. The molecule has 2 rings (SSSR count). The highest BCUT2D eigenvalue weighted by Crippen LogP contribution is 2.17. The second kappa shape index (κ2) is 5.60. The molecule has 4 nitrogen and oxygen atoms in total. The summed E-state index contributed by atoms with van der Waals surface area (Å²) in [6.45, 7) is 0.668. The summed E-state index contributed by atoms with van der Waals surface area (Å²) in [5, 5.41) is 0. The summed E-state index contributed by atoms with van der Waals surface area (Å²) in [6, 6.07) is 8.85. The normalized spacial score (nSPS) is 24.3. The highest BCUT2D eigenvalue weighted by atomic mass is 127. The van der Waals surface area contributed by atoms with Crippen molar-refractivity contribution < 1.29 is 19.0 Å². The van der Waals surface area contributed by atoms with Crippen LogP contribution in [0.15, 0.2) is 30.3 Å². The van der Waals surface area contributed by atoms with Crippen molar-refractivity contribution in [2.45, 2.75) is 10.4 Å². The van der Waals surface area contributed by atoms with Gasteiger partial charge in [0.15, 0.2) is 6.29 Å². The monoisotopic (exact) mass is 334 g/mol. The minimum absolute atomic E-state index is 0.0398. The molecule has 2 atom stereocenters. The van der Waals surface area contributed by atoms with Crippen LogP contribution in [0.2, 0.25) is 0 Å². The van der Waals surface area contributed by atoms with Crippen molar-refractivity contribution in [3.05, 3.63) is 35.9 Å². The van der Waals surface area contributed by atoms with Crippen molar-refractivity contribution in [2.75, 3.05) is 13.2 Å². The van der Waals surface area contributed by atoms with Crippen molar-refractivity contribution in [2.24, 2.45) is 0 Å². The second-order valence-corrected chi connectivity index (χ2v) is 4.66. The molecule has 1 aliphatic rings. The number of alkyl halides is 1. The summed E-state index contributed by atoms with van der Waals surface area (Å²) in [5.41, 5.74) is 0.534. The Balaban J connectivity index is 1.80. The number of benzene rings is 1. The van der Waals surface area contributed by atoms with E-state index in [0.717, 1.165) is 0 Å². The van der Waals surface area contributed by atoms with Crippen molar-refractivity contribution in [3.63, 3.8) is 0 Å². The SMILES string of the molecule is O=C(OCC1OCC(I)O1)c1ccccc1. The molecule has 1 aromatic rings. The van der Waals surface area contributed by atoms with Gasteiger partial charge in [0.25, 0.3) is 0 Å². The van der Waals surface area contributed by atoms with E-state index in [2.05, 4.69) is 22.6 Å². The lowest BCUT2D eigenvalue weighted by Crippen LogP contribution is -2.19. The maximum absolute atomic E-state index is 11.5. The molecule has 2 unspecified atom stereocenters. The van der Waals surface area contributed by atoms with Crippen LogP contribution in [0, 0.1) is 0 Å². The molecule has 1 aliphatic heterocycles. The molecule has 0 radical (unpaired) electrons. The zero-order valence-electron chi connectivity index (χ0n) is 8.47. The average Bonchev–Trinajstić information content (AvgIpc) is 2.73. The predicted molar refractivity (Wildman–Crippen MR) is 65.4 cm³/mol. The van der Waals surface area contributed by atoms with E-state index in [1.165, 1.54) is 0 Å². The molecule has 0 bridgehead atoms. The van der Waals surface area contributed by atoms with Gasteiger partial charge in [-0.25, -0.2) is 4.79 Å². The fourth-order valence-corrected chi connectivity index (χ4v) is 1.85. The van der Waals surface area contributed by atoms with Crippen LogP contribution in [0.25, 0.3) is 0 Å². The Morgan fingerprint density at radius 1 is 1.44 bits per heavy atom. The smallest absolute Gasteiger partial charge is 0.338 e. The highest BCUT2D eigenvalue weighted by Gasteiger charge is 2.24. The molecule has 1 aromatic carbocycles. The number of hydrogen-bond donors (Lipinski definition) is 0. The lowest BCUT2D eigenvalue weighted by Gasteiger charge is -2.09. The van der Waals surface area contributed by atoms with Gasteiger partial charge in [-0.2, -0.15) is 0 Å². The van der Waals surface area contributed by atoms with Crippen LogP contribution in [-0.2, 0) is 14.2 Å². The molecule has 1 saturated heterocycles. The maximum atomic E-state index is 11.5. The minimum atomic E-state index is -0.436. The number of halogens is 1. The summed E-state index contributed by atoms with van der Waals surface area (Å²) in [6.07, 6.45) is -0.436. The first-order chi connectivity index (χ1) is 7.75. The third kappa shape index (κ3) is 3.16. The minimum Gasteiger partial charge on any atom is -0.457 e. The Kier molecular flexibility index (Phi) is 4.14. The van der Waals surface area contributed by atoms with E-state index >= 15 is 0 Å². The van der Waals surface area contributed by atoms with Gasteiger partial charge in [-0.15, -0.1) is 0 Å². The predicted octanol–water partition coefficient (Wildman–Crippen LogP) is 1.98. The van der Waals surface area contributed by atoms with Crippen LogP contribution in [0.5, 0.6) is 0 Å². The number of carbonyl (C=O) groups is 1. The van der Waals surface area contributed by atoms with E-state index < -0.39 is 6.29 Å². The second-order valence-electron chi connectivity index (χ2n) is 3.27.